The summed E-state index contributed by atoms with van der Waals surface area (Å²) in [5.41, 5.74) is 5.45. The minimum Gasteiger partial charge on any atom is -0.396 e. The molecular weight excluding hydrogens is 283 g/mol. The van der Waals surface area contributed by atoms with Gasteiger partial charge in [0.2, 0.25) is 10.0 Å². The zero-order valence-electron chi connectivity index (χ0n) is 11.9. The maximum Gasteiger partial charge on any atom is 0.240 e. The Kier molecular flexibility index (Phi) is 5.91. The van der Waals surface area contributed by atoms with Crippen molar-refractivity contribution >= 4 is 15.7 Å². The van der Waals surface area contributed by atoms with Crippen LogP contribution in [0.5, 0.6) is 0 Å². The van der Waals surface area contributed by atoms with Gasteiger partial charge in [0.25, 0.3) is 0 Å². The van der Waals surface area contributed by atoms with E-state index >= 15 is 0 Å². The van der Waals surface area contributed by atoms with Crippen LogP contribution in [0.3, 0.4) is 0 Å². The normalized spacial score (nSPS) is 12.1. The second kappa shape index (κ2) is 7.01. The molecule has 0 radical (unpaired) electrons. The van der Waals surface area contributed by atoms with Crippen molar-refractivity contribution in [3.05, 3.63) is 23.5 Å². The highest BCUT2D eigenvalue weighted by molar-refractivity contribution is 7.89. The van der Waals surface area contributed by atoms with E-state index in [0.717, 1.165) is 6.07 Å². The highest BCUT2D eigenvalue weighted by atomic mass is 32.2. The summed E-state index contributed by atoms with van der Waals surface area (Å²) in [5.74, 6) is -0.199. The van der Waals surface area contributed by atoms with Gasteiger partial charge in [-0.05, 0) is 30.5 Å². The van der Waals surface area contributed by atoms with E-state index in [0.29, 0.717) is 12.5 Å². The topological polar surface area (TPSA) is 81.4 Å². The molecule has 0 aliphatic heterocycles. The Morgan fingerprint density at radius 1 is 1.40 bits per heavy atom. The first-order chi connectivity index (χ1) is 9.24. The third kappa shape index (κ3) is 4.73. The highest BCUT2D eigenvalue weighted by Gasteiger charge is 2.16. The lowest BCUT2D eigenvalue weighted by Crippen LogP contribution is -2.28. The van der Waals surface area contributed by atoms with Gasteiger partial charge in [-0.25, -0.2) is 17.5 Å². The average molecular weight is 304 g/mol. The molecule has 114 valence electrons. The Bertz CT molecular complexity index is 536. The number of halogens is 1. The fourth-order valence-electron chi connectivity index (χ4n) is 1.57. The van der Waals surface area contributed by atoms with E-state index < -0.39 is 15.8 Å². The van der Waals surface area contributed by atoms with E-state index in [-0.39, 0.29) is 29.3 Å². The van der Waals surface area contributed by atoms with Crippen LogP contribution in [0.15, 0.2) is 17.0 Å². The average Bonchev–Trinajstić information content (AvgIpc) is 2.34. The molecule has 5 nitrogen and oxygen atoms in total. The summed E-state index contributed by atoms with van der Waals surface area (Å²) in [7, 11) is -3.70. The fourth-order valence-corrected chi connectivity index (χ4v) is 2.70. The summed E-state index contributed by atoms with van der Waals surface area (Å²) < 4.78 is 45.0. The SMILES string of the molecule is Cc1cc(S(=O)(=O)NCCOCC(C)C)cc(N)c1F. The molecule has 0 aromatic heterocycles. The van der Waals surface area contributed by atoms with Crippen LogP contribution >= 0.6 is 0 Å². The van der Waals surface area contributed by atoms with Crippen LogP contribution in [0, 0.1) is 18.7 Å². The van der Waals surface area contributed by atoms with Crippen molar-refractivity contribution < 1.29 is 17.5 Å². The molecular formula is C13H21FN2O3S. The standard InChI is InChI=1S/C13H21FN2O3S/c1-9(2)8-19-5-4-16-20(17,18)11-6-10(3)13(14)12(15)7-11/h6-7,9,16H,4-5,8,15H2,1-3H3. The largest absolute Gasteiger partial charge is 0.396 e. The summed E-state index contributed by atoms with van der Waals surface area (Å²) in [4.78, 5) is -0.0437. The van der Waals surface area contributed by atoms with Gasteiger partial charge in [0.1, 0.15) is 5.82 Å². The first kappa shape index (κ1) is 16.9. The summed E-state index contributed by atoms with van der Waals surface area (Å²) in [6.07, 6.45) is 0. The molecule has 0 heterocycles. The Balaban J connectivity index is 2.65. The van der Waals surface area contributed by atoms with Crippen molar-refractivity contribution in [1.29, 1.82) is 0 Å². The molecule has 3 N–H and O–H groups in total. The summed E-state index contributed by atoms with van der Waals surface area (Å²) in [6.45, 7) is 6.50. The van der Waals surface area contributed by atoms with E-state index in [1.54, 1.807) is 0 Å². The fraction of sp³-hybridized carbons (Fsp3) is 0.538. The molecule has 0 unspecified atom stereocenters. The molecule has 0 saturated heterocycles. The minimum atomic E-state index is -3.70. The lowest BCUT2D eigenvalue weighted by molar-refractivity contribution is 0.114. The summed E-state index contributed by atoms with van der Waals surface area (Å²) in [6, 6.07) is 2.36. The zero-order valence-corrected chi connectivity index (χ0v) is 12.8. The van der Waals surface area contributed by atoms with Gasteiger partial charge in [-0.2, -0.15) is 0 Å². The van der Waals surface area contributed by atoms with E-state index in [1.807, 2.05) is 13.8 Å². The van der Waals surface area contributed by atoms with Gasteiger partial charge in [-0.15, -0.1) is 0 Å². The maximum absolute atomic E-state index is 13.4. The Hall–Kier alpha value is -1.18. The number of ether oxygens (including phenoxy) is 1. The molecule has 1 rings (SSSR count). The predicted molar refractivity (Wildman–Crippen MR) is 76.4 cm³/mol. The van der Waals surface area contributed by atoms with E-state index in [4.69, 9.17) is 10.5 Å². The van der Waals surface area contributed by atoms with Gasteiger partial charge in [-0.3, -0.25) is 0 Å². The maximum atomic E-state index is 13.4. The van der Waals surface area contributed by atoms with E-state index in [9.17, 15) is 12.8 Å². The number of anilines is 1. The Morgan fingerprint density at radius 3 is 2.60 bits per heavy atom. The molecule has 7 heteroatoms. The lowest BCUT2D eigenvalue weighted by atomic mass is 10.2. The second-order valence-corrected chi connectivity index (χ2v) is 6.78. The van der Waals surface area contributed by atoms with Gasteiger partial charge < -0.3 is 10.5 Å². The van der Waals surface area contributed by atoms with Crippen molar-refractivity contribution in [3.8, 4) is 0 Å². The van der Waals surface area contributed by atoms with Crippen LogP contribution in [0.2, 0.25) is 0 Å². The minimum absolute atomic E-state index is 0.0437. The van der Waals surface area contributed by atoms with Crippen LogP contribution in [-0.2, 0) is 14.8 Å². The van der Waals surface area contributed by atoms with Crippen LogP contribution < -0.4 is 10.5 Å². The molecule has 20 heavy (non-hydrogen) atoms. The van der Waals surface area contributed by atoms with Crippen LogP contribution in [0.1, 0.15) is 19.4 Å². The van der Waals surface area contributed by atoms with Crippen molar-refractivity contribution in [2.75, 3.05) is 25.5 Å². The first-order valence-corrected chi connectivity index (χ1v) is 7.85. The summed E-state index contributed by atoms with van der Waals surface area (Å²) >= 11 is 0. The van der Waals surface area contributed by atoms with Gasteiger partial charge in [-0.1, -0.05) is 13.8 Å². The molecule has 0 spiro atoms. The molecule has 0 aliphatic rings. The highest BCUT2D eigenvalue weighted by Crippen LogP contribution is 2.20. The van der Waals surface area contributed by atoms with Crippen molar-refractivity contribution in [3.63, 3.8) is 0 Å². The van der Waals surface area contributed by atoms with Gasteiger partial charge in [0, 0.05) is 13.2 Å². The van der Waals surface area contributed by atoms with Crippen molar-refractivity contribution in [1.82, 2.24) is 4.72 Å². The number of nitrogens with two attached hydrogens (primary N) is 1. The smallest absolute Gasteiger partial charge is 0.240 e. The first-order valence-electron chi connectivity index (χ1n) is 6.37. The molecule has 1 aromatic rings. The zero-order chi connectivity index (χ0) is 15.3. The van der Waals surface area contributed by atoms with Gasteiger partial charge in [0.15, 0.2) is 0 Å². The molecule has 0 atom stereocenters. The number of hydrogen-bond donors (Lipinski definition) is 2. The summed E-state index contributed by atoms with van der Waals surface area (Å²) in [5, 5.41) is 0. The molecule has 0 fully saturated rings. The number of benzene rings is 1. The molecule has 0 aliphatic carbocycles. The van der Waals surface area contributed by atoms with Crippen LogP contribution in [0.25, 0.3) is 0 Å². The molecule has 0 amide bonds. The van der Waals surface area contributed by atoms with Crippen LogP contribution in [-0.4, -0.2) is 28.2 Å². The quantitative estimate of drug-likeness (QED) is 0.593. The molecule has 0 saturated carbocycles. The third-order valence-electron chi connectivity index (χ3n) is 2.56. The number of sulfonamides is 1. The number of nitrogen functional groups attached to an aromatic ring is 1. The van der Waals surface area contributed by atoms with E-state index in [1.165, 1.54) is 13.0 Å². The monoisotopic (exact) mass is 304 g/mol. The number of nitrogens with one attached hydrogen (secondary N) is 1. The van der Waals surface area contributed by atoms with E-state index in [2.05, 4.69) is 4.72 Å². The Morgan fingerprint density at radius 2 is 2.05 bits per heavy atom. The predicted octanol–water partition coefficient (Wildman–Crippen LogP) is 1.67. The molecule has 1 aromatic carbocycles. The van der Waals surface area contributed by atoms with Crippen molar-refractivity contribution in [2.24, 2.45) is 5.92 Å². The van der Waals surface area contributed by atoms with Gasteiger partial charge >= 0.3 is 0 Å². The van der Waals surface area contributed by atoms with Crippen molar-refractivity contribution in [2.45, 2.75) is 25.7 Å². The number of aryl methyl sites for hydroxylation is 1. The number of rotatable bonds is 7. The second-order valence-electron chi connectivity index (χ2n) is 5.01. The number of hydrogen-bond acceptors (Lipinski definition) is 4. The third-order valence-corrected chi connectivity index (χ3v) is 4.00. The van der Waals surface area contributed by atoms with Gasteiger partial charge in [0.05, 0.1) is 17.2 Å². The Labute approximate surface area is 119 Å². The molecule has 0 bridgehead atoms. The van der Waals surface area contributed by atoms with Crippen LogP contribution in [0.4, 0.5) is 10.1 Å². The lowest BCUT2D eigenvalue weighted by Gasteiger charge is -2.10.